The predicted octanol–water partition coefficient (Wildman–Crippen LogP) is 2.60. The lowest BCUT2D eigenvalue weighted by Gasteiger charge is -2.12. The normalized spacial score (nSPS) is 15.3. The molecule has 0 aliphatic heterocycles. The molecule has 0 bridgehead atoms. The minimum atomic E-state index is -3.75. The van der Waals surface area contributed by atoms with Gasteiger partial charge in [-0.2, -0.15) is 4.98 Å². The van der Waals surface area contributed by atoms with Crippen LogP contribution < -0.4 is 15.1 Å². The van der Waals surface area contributed by atoms with E-state index < -0.39 is 15.6 Å². The Hall–Kier alpha value is -2.61. The first-order chi connectivity index (χ1) is 15.6. The molecular weight excluding hydrogens is 484 g/mol. The first kappa shape index (κ1) is 22.2. The maximum absolute atomic E-state index is 13.6. The molecule has 1 N–H and O–H groups in total. The van der Waals surface area contributed by atoms with Gasteiger partial charge >= 0.3 is 11.7 Å². The average molecular weight is 507 g/mol. The molecular formula is C20H22N6O4S3. The second-order valence-corrected chi connectivity index (χ2v) is 12.0. The van der Waals surface area contributed by atoms with Gasteiger partial charge in [-0.3, -0.25) is 4.57 Å². The first-order valence-corrected chi connectivity index (χ1v) is 13.3. The number of imidazole rings is 1. The molecule has 3 heterocycles. The van der Waals surface area contributed by atoms with Crippen LogP contribution in [0.4, 0.5) is 0 Å². The Balaban J connectivity index is 1.70. The van der Waals surface area contributed by atoms with Crippen LogP contribution >= 0.6 is 22.9 Å². The van der Waals surface area contributed by atoms with E-state index in [4.69, 9.17) is 4.74 Å². The van der Waals surface area contributed by atoms with Gasteiger partial charge in [-0.15, -0.1) is 15.7 Å². The fraction of sp³-hybridized carbons (Fsp3) is 0.400. The number of nitrogens with one attached hydrogen (secondary N) is 1. The van der Waals surface area contributed by atoms with E-state index in [1.54, 1.807) is 10.6 Å². The Morgan fingerprint density at radius 3 is 2.58 bits per heavy atom. The summed E-state index contributed by atoms with van der Waals surface area (Å²) in [4.78, 5) is 23.3. The number of rotatable bonds is 7. The highest BCUT2D eigenvalue weighted by atomic mass is 32.2. The summed E-state index contributed by atoms with van der Waals surface area (Å²) >= 11 is 2.53. The van der Waals surface area contributed by atoms with Crippen LogP contribution in [0, 0.1) is 13.8 Å². The molecule has 0 unspecified atom stereocenters. The topological polar surface area (TPSA) is 121 Å². The number of fused-ring (bicyclic) bond motifs is 1. The number of hydrogen-bond donors (Lipinski definition) is 1. The van der Waals surface area contributed by atoms with E-state index in [-0.39, 0.29) is 16.6 Å². The molecule has 4 aromatic rings. The van der Waals surface area contributed by atoms with Crippen LogP contribution in [0.2, 0.25) is 0 Å². The molecule has 1 fully saturated rings. The second kappa shape index (κ2) is 7.72. The monoisotopic (exact) mass is 506 g/mol. The van der Waals surface area contributed by atoms with E-state index >= 15 is 0 Å². The van der Waals surface area contributed by atoms with Gasteiger partial charge in [0.2, 0.25) is 15.2 Å². The zero-order chi connectivity index (χ0) is 23.5. The minimum Gasteiger partial charge on any atom is -0.466 e. The van der Waals surface area contributed by atoms with E-state index in [1.807, 2.05) is 20.8 Å². The van der Waals surface area contributed by atoms with Gasteiger partial charge in [0.1, 0.15) is 0 Å². The molecule has 13 heteroatoms. The van der Waals surface area contributed by atoms with Crippen molar-refractivity contribution in [3.8, 4) is 11.1 Å². The molecule has 33 heavy (non-hydrogen) atoms. The van der Waals surface area contributed by atoms with Crippen molar-refractivity contribution in [3.63, 3.8) is 0 Å². The number of benzene rings is 1. The third-order valence-corrected chi connectivity index (χ3v) is 9.04. The quantitative estimate of drug-likeness (QED) is 0.409. The number of methoxy groups -OCH3 is 1. The smallest absolute Gasteiger partial charge is 0.335 e. The van der Waals surface area contributed by atoms with E-state index in [0.29, 0.717) is 22.7 Å². The first-order valence-electron chi connectivity index (χ1n) is 10.2. The lowest BCUT2D eigenvalue weighted by Crippen LogP contribution is -2.34. The van der Waals surface area contributed by atoms with Crippen LogP contribution in [-0.2, 0) is 16.6 Å². The molecule has 1 aromatic carbocycles. The maximum Gasteiger partial charge on any atom is 0.335 e. The standard InChI is InChI=1S/C20H22N6O4S3/c1-11-16(31-12(2)21-11)10-25-14-6-5-13(33(28,29)24-20(3)7-8-20)9-15(14)26(19(25)27)18-22-17(30-4)23-32-18/h5-6,9,24H,7-8,10H2,1-4H3. The van der Waals surface area contributed by atoms with Gasteiger partial charge in [0.15, 0.2) is 0 Å². The van der Waals surface area contributed by atoms with Crippen LogP contribution in [-0.4, -0.2) is 44.5 Å². The van der Waals surface area contributed by atoms with Gasteiger partial charge < -0.3 is 4.74 Å². The lowest BCUT2D eigenvalue weighted by atomic mass is 10.3. The van der Waals surface area contributed by atoms with E-state index in [1.165, 1.54) is 35.1 Å². The molecule has 0 amide bonds. The molecule has 0 spiro atoms. The van der Waals surface area contributed by atoms with Gasteiger partial charge in [-0.05, 0) is 51.8 Å². The van der Waals surface area contributed by atoms with Crippen molar-refractivity contribution >= 4 is 43.9 Å². The van der Waals surface area contributed by atoms with Crippen molar-refractivity contribution in [1.29, 1.82) is 0 Å². The fourth-order valence-electron chi connectivity index (χ4n) is 3.66. The molecule has 5 rings (SSSR count). The number of nitrogens with zero attached hydrogens (tertiary/aromatic N) is 5. The Bertz CT molecular complexity index is 1540. The summed E-state index contributed by atoms with van der Waals surface area (Å²) in [6, 6.07) is 4.85. The minimum absolute atomic E-state index is 0.0929. The average Bonchev–Trinajstić information content (AvgIpc) is 3.08. The summed E-state index contributed by atoms with van der Waals surface area (Å²) < 4.78 is 40.9. The number of thiazole rings is 1. The zero-order valence-corrected chi connectivity index (χ0v) is 20.9. The van der Waals surface area contributed by atoms with Crippen molar-refractivity contribution in [2.24, 2.45) is 0 Å². The van der Waals surface area contributed by atoms with Gasteiger partial charge in [0.05, 0.1) is 40.3 Å². The highest BCUT2D eigenvalue weighted by molar-refractivity contribution is 7.89. The number of sulfonamides is 1. The van der Waals surface area contributed by atoms with Crippen molar-refractivity contribution in [3.05, 3.63) is 44.3 Å². The number of ether oxygens (including phenoxy) is 1. The highest BCUT2D eigenvalue weighted by Crippen LogP contribution is 2.36. The summed E-state index contributed by atoms with van der Waals surface area (Å²) in [6.07, 6.45) is 1.60. The van der Waals surface area contributed by atoms with Crippen LogP contribution in [0.15, 0.2) is 27.9 Å². The molecule has 1 aliphatic carbocycles. The van der Waals surface area contributed by atoms with Crippen molar-refractivity contribution < 1.29 is 13.2 Å². The van der Waals surface area contributed by atoms with Gasteiger partial charge in [0.25, 0.3) is 0 Å². The molecule has 1 saturated carbocycles. The van der Waals surface area contributed by atoms with Gasteiger partial charge in [0, 0.05) is 21.9 Å². The zero-order valence-electron chi connectivity index (χ0n) is 18.4. The molecule has 174 valence electrons. The SMILES string of the molecule is COc1nsc(-n2c(=O)n(Cc3sc(C)nc3C)c3ccc(S(=O)(=O)NC4(C)CC4)cc32)n1. The Morgan fingerprint density at radius 1 is 1.21 bits per heavy atom. The van der Waals surface area contributed by atoms with Crippen molar-refractivity contribution in [1.82, 2.24) is 28.2 Å². The summed E-state index contributed by atoms with van der Waals surface area (Å²) in [5, 5.41) is 1.22. The fourth-order valence-corrected chi connectivity index (χ4v) is 6.72. The molecule has 0 radical (unpaired) electrons. The molecule has 0 saturated heterocycles. The summed E-state index contributed by atoms with van der Waals surface area (Å²) in [5.74, 6) is 0. The second-order valence-electron chi connectivity index (χ2n) is 8.33. The van der Waals surface area contributed by atoms with Crippen LogP contribution in [0.3, 0.4) is 0 Å². The van der Waals surface area contributed by atoms with E-state index in [9.17, 15) is 13.2 Å². The van der Waals surface area contributed by atoms with Gasteiger partial charge in [-0.1, -0.05) is 0 Å². The number of aromatic nitrogens is 5. The Kier molecular flexibility index (Phi) is 5.19. The van der Waals surface area contributed by atoms with Crippen molar-refractivity contribution in [2.75, 3.05) is 7.11 Å². The predicted molar refractivity (Wildman–Crippen MR) is 126 cm³/mol. The van der Waals surface area contributed by atoms with Crippen LogP contribution in [0.25, 0.3) is 16.2 Å². The van der Waals surface area contributed by atoms with E-state index in [0.717, 1.165) is 40.0 Å². The summed E-state index contributed by atoms with van der Waals surface area (Å²) in [5.41, 5.74) is 1.14. The molecule has 10 nitrogen and oxygen atoms in total. The molecule has 0 atom stereocenters. The third kappa shape index (κ3) is 3.98. The third-order valence-electron chi connectivity index (χ3n) is 5.66. The summed E-state index contributed by atoms with van der Waals surface area (Å²) in [6.45, 7) is 6.03. The highest BCUT2D eigenvalue weighted by Gasteiger charge is 2.41. The van der Waals surface area contributed by atoms with Crippen molar-refractivity contribution in [2.45, 2.75) is 50.6 Å². The summed E-state index contributed by atoms with van der Waals surface area (Å²) in [7, 11) is -2.31. The van der Waals surface area contributed by atoms with Crippen LogP contribution in [0.5, 0.6) is 6.01 Å². The van der Waals surface area contributed by atoms with E-state index in [2.05, 4.69) is 19.1 Å². The maximum atomic E-state index is 13.6. The van der Waals surface area contributed by atoms with Gasteiger partial charge in [-0.25, -0.2) is 27.5 Å². The number of aryl methyl sites for hydroxylation is 2. The Labute approximate surface area is 198 Å². The molecule has 3 aromatic heterocycles. The molecule has 1 aliphatic rings. The lowest BCUT2D eigenvalue weighted by molar-refractivity contribution is 0.385. The largest absolute Gasteiger partial charge is 0.466 e. The number of hydrogen-bond acceptors (Lipinski definition) is 9. The van der Waals surface area contributed by atoms with Crippen LogP contribution in [0.1, 0.15) is 35.3 Å². The Morgan fingerprint density at radius 2 is 1.97 bits per heavy atom.